The third-order valence-corrected chi connectivity index (χ3v) is 7.60. The van der Waals surface area contributed by atoms with Gasteiger partial charge in [-0.2, -0.15) is 0 Å². The molecular formula is C22H8Cl6. The Bertz CT molecular complexity index is 1470. The lowest BCUT2D eigenvalue weighted by Crippen LogP contribution is -1.88. The summed E-state index contributed by atoms with van der Waals surface area (Å²) in [5.41, 5.74) is 0. The van der Waals surface area contributed by atoms with Crippen molar-refractivity contribution < 1.29 is 0 Å². The minimum absolute atomic E-state index is 0.171. The van der Waals surface area contributed by atoms with Gasteiger partial charge in [-0.25, -0.2) is 0 Å². The summed E-state index contributed by atoms with van der Waals surface area (Å²) < 4.78 is 0. The normalized spacial score (nSPS) is 11.9. The van der Waals surface area contributed by atoms with E-state index < -0.39 is 0 Å². The number of hydrogen-bond acceptors (Lipinski definition) is 0. The molecule has 0 fully saturated rings. The number of halogens is 6. The fraction of sp³-hybridized carbons (Fsp3) is 0. The van der Waals surface area contributed by atoms with Crippen molar-refractivity contribution in [1.29, 1.82) is 0 Å². The molecule has 6 heteroatoms. The van der Waals surface area contributed by atoms with Crippen LogP contribution in [-0.2, 0) is 0 Å². The van der Waals surface area contributed by atoms with Crippen LogP contribution in [0.3, 0.4) is 0 Å². The summed E-state index contributed by atoms with van der Waals surface area (Å²) in [5.74, 6) is 0. The Kier molecular flexibility index (Phi) is 4.52. The molecule has 0 aliphatic rings. The number of hydrogen-bond donors (Lipinski definition) is 0. The molecule has 0 amide bonds. The molecule has 0 bridgehead atoms. The molecule has 0 saturated carbocycles. The second kappa shape index (κ2) is 6.71. The van der Waals surface area contributed by atoms with E-state index in [0.29, 0.717) is 31.2 Å². The average molecular weight is 485 g/mol. The molecule has 5 rings (SSSR count). The molecule has 5 aromatic carbocycles. The van der Waals surface area contributed by atoms with Crippen LogP contribution in [0, 0.1) is 0 Å². The Morgan fingerprint density at radius 3 is 1.68 bits per heavy atom. The Morgan fingerprint density at radius 1 is 0.393 bits per heavy atom. The molecule has 0 unspecified atom stereocenters. The summed E-state index contributed by atoms with van der Waals surface area (Å²) in [6.45, 7) is 0. The molecule has 0 atom stereocenters. The standard InChI is InChI=1S/C22H8Cl6/c23-17-13-7-10-4-2-1-3-9(10)5-11(13)6-12-8-14-16(19(25)15(12)17)20(26)22(28)21(27)18(14)24/h1-8H. The Morgan fingerprint density at radius 2 is 0.964 bits per heavy atom. The van der Waals surface area contributed by atoms with Crippen LogP contribution in [0.25, 0.3) is 43.1 Å². The Labute approximate surface area is 190 Å². The molecule has 0 nitrogen and oxygen atoms in total. The third kappa shape index (κ3) is 2.60. The van der Waals surface area contributed by atoms with Crippen LogP contribution in [0.15, 0.2) is 48.5 Å². The smallest absolute Gasteiger partial charge is 0.0800 e. The maximum atomic E-state index is 6.82. The molecule has 0 aliphatic carbocycles. The zero-order chi connectivity index (χ0) is 19.7. The molecule has 0 heterocycles. The molecule has 0 aliphatic heterocycles. The Balaban J connectivity index is 2.04. The van der Waals surface area contributed by atoms with Gasteiger partial charge in [0.2, 0.25) is 0 Å². The predicted molar refractivity (Wildman–Crippen MR) is 127 cm³/mol. The van der Waals surface area contributed by atoms with E-state index >= 15 is 0 Å². The van der Waals surface area contributed by atoms with Crippen LogP contribution in [0.1, 0.15) is 0 Å². The fourth-order valence-corrected chi connectivity index (χ4v) is 5.56. The summed E-state index contributed by atoms with van der Waals surface area (Å²) in [7, 11) is 0. The van der Waals surface area contributed by atoms with Crippen LogP contribution >= 0.6 is 69.6 Å². The van der Waals surface area contributed by atoms with Gasteiger partial charge in [0.1, 0.15) is 0 Å². The minimum Gasteiger partial charge on any atom is -0.0829 e. The molecular weight excluding hydrogens is 477 g/mol. The third-order valence-electron chi connectivity index (χ3n) is 5.02. The average Bonchev–Trinajstić information content (AvgIpc) is 2.69. The summed E-state index contributed by atoms with van der Waals surface area (Å²) in [6.07, 6.45) is 0. The van der Waals surface area contributed by atoms with Gasteiger partial charge in [0.15, 0.2) is 0 Å². The lowest BCUT2D eigenvalue weighted by molar-refractivity contribution is 1.76. The van der Waals surface area contributed by atoms with Gasteiger partial charge < -0.3 is 0 Å². The second-order valence-electron chi connectivity index (χ2n) is 6.58. The van der Waals surface area contributed by atoms with Crippen LogP contribution in [-0.4, -0.2) is 0 Å². The largest absolute Gasteiger partial charge is 0.0829 e. The molecule has 0 spiro atoms. The molecule has 0 N–H and O–H groups in total. The van der Waals surface area contributed by atoms with Gasteiger partial charge in [-0.1, -0.05) is 93.9 Å². The second-order valence-corrected chi connectivity index (χ2v) is 8.85. The van der Waals surface area contributed by atoms with Crippen molar-refractivity contribution in [2.24, 2.45) is 0 Å². The van der Waals surface area contributed by atoms with E-state index in [1.807, 2.05) is 24.3 Å². The van der Waals surface area contributed by atoms with Crippen LogP contribution < -0.4 is 0 Å². The van der Waals surface area contributed by atoms with Gasteiger partial charge in [0.25, 0.3) is 0 Å². The van der Waals surface area contributed by atoms with E-state index in [1.165, 1.54) is 0 Å². The summed E-state index contributed by atoms with van der Waals surface area (Å²) in [6, 6.07) is 16.2. The molecule has 28 heavy (non-hydrogen) atoms. The van der Waals surface area contributed by atoms with Crippen LogP contribution in [0.4, 0.5) is 0 Å². The van der Waals surface area contributed by atoms with Crippen LogP contribution in [0.2, 0.25) is 30.1 Å². The molecule has 0 saturated heterocycles. The number of benzene rings is 5. The van der Waals surface area contributed by atoms with Crippen molar-refractivity contribution >= 4 is 113 Å². The first-order valence-electron chi connectivity index (χ1n) is 8.27. The first-order chi connectivity index (χ1) is 13.4. The zero-order valence-electron chi connectivity index (χ0n) is 13.9. The monoisotopic (exact) mass is 482 g/mol. The van der Waals surface area contributed by atoms with E-state index in [0.717, 1.165) is 26.9 Å². The lowest BCUT2D eigenvalue weighted by atomic mass is 9.97. The van der Waals surface area contributed by atoms with Crippen molar-refractivity contribution in [3.8, 4) is 0 Å². The lowest BCUT2D eigenvalue weighted by Gasteiger charge is -2.15. The highest BCUT2D eigenvalue weighted by Gasteiger charge is 2.21. The summed E-state index contributed by atoms with van der Waals surface area (Å²) in [5, 5.41) is 8.78. The van der Waals surface area contributed by atoms with E-state index in [2.05, 4.69) is 24.3 Å². The van der Waals surface area contributed by atoms with Crippen molar-refractivity contribution in [1.82, 2.24) is 0 Å². The predicted octanol–water partition coefficient (Wildman–Crippen LogP) is 10.2. The first-order valence-corrected chi connectivity index (χ1v) is 10.5. The van der Waals surface area contributed by atoms with Gasteiger partial charge in [-0.05, 0) is 45.8 Å². The van der Waals surface area contributed by atoms with E-state index in [9.17, 15) is 0 Å². The Hall–Kier alpha value is -1.12. The maximum absolute atomic E-state index is 6.82. The van der Waals surface area contributed by atoms with Crippen LogP contribution in [0.5, 0.6) is 0 Å². The highest BCUT2D eigenvalue weighted by atomic mass is 35.5. The first kappa shape index (κ1) is 18.9. The van der Waals surface area contributed by atoms with Gasteiger partial charge in [-0.3, -0.25) is 0 Å². The van der Waals surface area contributed by atoms with Crippen molar-refractivity contribution in [2.75, 3.05) is 0 Å². The van der Waals surface area contributed by atoms with E-state index in [-0.39, 0.29) is 15.1 Å². The topological polar surface area (TPSA) is 0 Å². The summed E-state index contributed by atoms with van der Waals surface area (Å²) in [4.78, 5) is 0. The van der Waals surface area contributed by atoms with Gasteiger partial charge >= 0.3 is 0 Å². The molecule has 0 aromatic heterocycles. The quantitative estimate of drug-likeness (QED) is 0.116. The van der Waals surface area contributed by atoms with E-state index in [1.54, 1.807) is 0 Å². The maximum Gasteiger partial charge on any atom is 0.0800 e. The molecule has 138 valence electrons. The minimum atomic E-state index is 0.171. The van der Waals surface area contributed by atoms with Gasteiger partial charge in [0, 0.05) is 21.5 Å². The molecule has 5 aromatic rings. The van der Waals surface area contributed by atoms with Gasteiger partial charge in [-0.15, -0.1) is 0 Å². The molecule has 0 radical (unpaired) electrons. The summed E-state index contributed by atoms with van der Waals surface area (Å²) >= 11 is 39.0. The fourth-order valence-electron chi connectivity index (χ4n) is 3.68. The van der Waals surface area contributed by atoms with E-state index in [4.69, 9.17) is 69.6 Å². The highest BCUT2D eigenvalue weighted by molar-refractivity contribution is 6.58. The zero-order valence-corrected chi connectivity index (χ0v) is 18.4. The SMILES string of the molecule is Clc1c(Cl)c(Cl)c2c(Cl)c3c(Cl)c4cc5ccccc5cc4cc3cc2c1Cl. The number of rotatable bonds is 0. The van der Waals surface area contributed by atoms with Gasteiger partial charge in [0.05, 0.1) is 30.1 Å². The van der Waals surface area contributed by atoms with Crippen molar-refractivity contribution in [3.05, 3.63) is 78.7 Å². The number of fused-ring (bicyclic) bond motifs is 4. The highest BCUT2D eigenvalue weighted by Crippen LogP contribution is 2.49. The van der Waals surface area contributed by atoms with Crippen molar-refractivity contribution in [3.63, 3.8) is 0 Å². The van der Waals surface area contributed by atoms with Crippen molar-refractivity contribution in [2.45, 2.75) is 0 Å².